The number of aryl methyl sites for hydroxylation is 2. The second-order valence-electron chi connectivity index (χ2n) is 6.33. The van der Waals surface area contributed by atoms with E-state index in [2.05, 4.69) is 15.0 Å². The largest absolute Gasteiger partial charge is 0.406 e. The van der Waals surface area contributed by atoms with E-state index in [1.54, 1.807) is 0 Å². The zero-order valence-corrected chi connectivity index (χ0v) is 15.5. The predicted molar refractivity (Wildman–Crippen MR) is 98.9 cm³/mol. The zero-order chi connectivity index (χ0) is 19.2. The molecular weight excluding hydrogens is 401 g/mol. The van der Waals surface area contributed by atoms with Crippen LogP contribution in [0.4, 0.5) is 13.2 Å². The number of nitrogens with one attached hydrogen (secondary N) is 1. The molecule has 0 saturated heterocycles. The van der Waals surface area contributed by atoms with E-state index in [-0.39, 0.29) is 22.2 Å². The third kappa shape index (κ3) is 3.66. The normalized spacial score (nSPS) is 15.3. The number of hydrogen-bond donors (Lipinski definition) is 1. The van der Waals surface area contributed by atoms with Gasteiger partial charge in [-0.2, -0.15) is 13.2 Å². The fourth-order valence-electron chi connectivity index (χ4n) is 3.25. The summed E-state index contributed by atoms with van der Waals surface area (Å²) in [7, 11) is 0. The number of hydrogen-bond acceptors (Lipinski definition) is 4. The number of H-pyrrole nitrogens is 1. The van der Waals surface area contributed by atoms with E-state index in [9.17, 15) is 18.0 Å². The van der Waals surface area contributed by atoms with Gasteiger partial charge in [-0.3, -0.25) is 4.79 Å². The van der Waals surface area contributed by atoms with Gasteiger partial charge in [-0.25, -0.2) is 9.97 Å². The van der Waals surface area contributed by atoms with Crippen molar-refractivity contribution in [3.63, 3.8) is 0 Å². The molecule has 3 heterocycles. The minimum Gasteiger partial charge on any atom is -0.322 e. The number of nitrogens with zero attached hydrogens (tertiary/aromatic N) is 3. The standard InChI is InChI=1S/C17H14ClF3N4OS/c18-10(7-12-22-5-6-25(12)8-17(19,20)21)14-23-15(26)13-9-3-1-2-4-11(9)27-16(13)24-14/h5-7H,1-4,8H2,(H,23,24,26)/b10-7+. The van der Waals surface area contributed by atoms with Crippen LogP contribution in [0.1, 0.15) is 34.9 Å². The lowest BCUT2D eigenvalue weighted by Gasteiger charge is -2.09. The van der Waals surface area contributed by atoms with Crippen molar-refractivity contribution >= 4 is 44.3 Å². The van der Waals surface area contributed by atoms with Gasteiger partial charge in [0.2, 0.25) is 0 Å². The number of aromatic amines is 1. The molecule has 0 amide bonds. The summed E-state index contributed by atoms with van der Waals surface area (Å²) in [6, 6.07) is 0. The van der Waals surface area contributed by atoms with Crippen molar-refractivity contribution in [2.45, 2.75) is 38.4 Å². The highest BCUT2D eigenvalue weighted by Crippen LogP contribution is 2.34. The summed E-state index contributed by atoms with van der Waals surface area (Å²) < 4.78 is 38.8. The molecule has 27 heavy (non-hydrogen) atoms. The number of thiophene rings is 1. The van der Waals surface area contributed by atoms with Gasteiger partial charge in [0.05, 0.1) is 10.4 Å². The number of rotatable bonds is 3. The smallest absolute Gasteiger partial charge is 0.322 e. The van der Waals surface area contributed by atoms with Crippen LogP contribution in [-0.4, -0.2) is 25.7 Å². The van der Waals surface area contributed by atoms with E-state index in [4.69, 9.17) is 11.6 Å². The topological polar surface area (TPSA) is 63.6 Å². The maximum Gasteiger partial charge on any atom is 0.406 e. The molecule has 0 atom stereocenters. The highest BCUT2D eigenvalue weighted by atomic mass is 35.5. The number of alkyl halides is 3. The van der Waals surface area contributed by atoms with Crippen LogP contribution in [0.15, 0.2) is 17.2 Å². The van der Waals surface area contributed by atoms with Crippen molar-refractivity contribution in [1.29, 1.82) is 0 Å². The van der Waals surface area contributed by atoms with E-state index >= 15 is 0 Å². The Morgan fingerprint density at radius 3 is 2.93 bits per heavy atom. The molecule has 0 radical (unpaired) electrons. The molecule has 3 aromatic heterocycles. The summed E-state index contributed by atoms with van der Waals surface area (Å²) in [6.45, 7) is -1.18. The Bertz CT molecular complexity index is 1100. The Morgan fingerprint density at radius 2 is 2.15 bits per heavy atom. The predicted octanol–water partition coefficient (Wildman–Crippen LogP) is 4.36. The fraction of sp³-hybridized carbons (Fsp3) is 0.353. The summed E-state index contributed by atoms with van der Waals surface area (Å²) in [6.07, 6.45) is 3.30. The van der Waals surface area contributed by atoms with Gasteiger partial charge in [0.1, 0.15) is 17.2 Å². The van der Waals surface area contributed by atoms with Gasteiger partial charge in [-0.05, 0) is 31.2 Å². The first-order valence-electron chi connectivity index (χ1n) is 8.32. The van der Waals surface area contributed by atoms with Crippen molar-refractivity contribution in [2.24, 2.45) is 0 Å². The van der Waals surface area contributed by atoms with Gasteiger partial charge in [0.15, 0.2) is 5.82 Å². The average Bonchev–Trinajstić information content (AvgIpc) is 3.17. The molecular formula is C17H14ClF3N4OS. The second kappa shape index (κ2) is 6.79. The molecule has 142 valence electrons. The number of imidazole rings is 1. The van der Waals surface area contributed by atoms with Gasteiger partial charge < -0.3 is 9.55 Å². The minimum atomic E-state index is -4.38. The molecule has 0 unspecified atom stereocenters. The maximum absolute atomic E-state index is 12.6. The first-order valence-corrected chi connectivity index (χ1v) is 9.51. The Kier molecular flexibility index (Phi) is 4.59. The average molecular weight is 415 g/mol. The monoisotopic (exact) mass is 414 g/mol. The molecule has 0 saturated carbocycles. The number of fused-ring (bicyclic) bond motifs is 3. The molecule has 0 aromatic carbocycles. The summed E-state index contributed by atoms with van der Waals surface area (Å²) >= 11 is 7.72. The van der Waals surface area contributed by atoms with Crippen molar-refractivity contribution in [3.05, 3.63) is 44.8 Å². The first kappa shape index (κ1) is 18.2. The second-order valence-corrected chi connectivity index (χ2v) is 7.82. The molecule has 1 N–H and O–H groups in total. The Balaban J connectivity index is 1.73. The van der Waals surface area contributed by atoms with E-state index in [1.165, 1.54) is 34.7 Å². The Hall–Kier alpha value is -2.13. The van der Waals surface area contributed by atoms with Crippen LogP contribution in [-0.2, 0) is 19.4 Å². The molecule has 0 aliphatic heterocycles. The first-order chi connectivity index (χ1) is 12.8. The zero-order valence-electron chi connectivity index (χ0n) is 13.9. The molecule has 1 aliphatic carbocycles. The van der Waals surface area contributed by atoms with Crippen LogP contribution in [0.3, 0.4) is 0 Å². The fourth-order valence-corrected chi connectivity index (χ4v) is 4.70. The molecule has 0 spiro atoms. The van der Waals surface area contributed by atoms with Crippen LogP contribution in [0.25, 0.3) is 21.3 Å². The van der Waals surface area contributed by atoms with Crippen LogP contribution in [0, 0.1) is 0 Å². The molecule has 5 nitrogen and oxygen atoms in total. The van der Waals surface area contributed by atoms with Crippen LogP contribution >= 0.6 is 22.9 Å². The number of aromatic nitrogens is 4. The highest BCUT2D eigenvalue weighted by molar-refractivity contribution is 7.18. The van der Waals surface area contributed by atoms with E-state index < -0.39 is 12.7 Å². The van der Waals surface area contributed by atoms with Gasteiger partial charge in [-0.15, -0.1) is 11.3 Å². The quantitative estimate of drug-likeness (QED) is 0.692. The third-order valence-electron chi connectivity index (χ3n) is 4.40. The van der Waals surface area contributed by atoms with Crippen molar-refractivity contribution in [2.75, 3.05) is 0 Å². The summed E-state index contributed by atoms with van der Waals surface area (Å²) in [4.78, 5) is 25.3. The van der Waals surface area contributed by atoms with Crippen molar-refractivity contribution in [1.82, 2.24) is 19.5 Å². The third-order valence-corrected chi connectivity index (χ3v) is 5.88. The SMILES string of the molecule is O=c1[nH]c(/C(Cl)=C\c2nccn2CC(F)(F)F)nc2sc3c(c12)CCCC3. The lowest BCUT2D eigenvalue weighted by atomic mass is 9.97. The van der Waals surface area contributed by atoms with Crippen LogP contribution < -0.4 is 5.56 Å². The lowest BCUT2D eigenvalue weighted by Crippen LogP contribution is -2.18. The molecule has 4 rings (SSSR count). The van der Waals surface area contributed by atoms with Gasteiger partial charge in [-0.1, -0.05) is 11.6 Å². The van der Waals surface area contributed by atoms with Crippen molar-refractivity contribution in [3.8, 4) is 0 Å². The molecule has 0 fully saturated rings. The molecule has 3 aromatic rings. The summed E-state index contributed by atoms with van der Waals surface area (Å²) in [5.41, 5.74) is 0.780. The van der Waals surface area contributed by atoms with E-state index in [1.807, 2.05) is 0 Å². The molecule has 10 heteroatoms. The molecule has 0 bridgehead atoms. The Morgan fingerprint density at radius 1 is 1.37 bits per heavy atom. The van der Waals surface area contributed by atoms with Crippen LogP contribution in [0.5, 0.6) is 0 Å². The van der Waals surface area contributed by atoms with Crippen LogP contribution in [0.2, 0.25) is 0 Å². The van der Waals surface area contributed by atoms with E-state index in [0.717, 1.165) is 35.8 Å². The Labute approximate surface area is 160 Å². The van der Waals surface area contributed by atoms with Gasteiger partial charge in [0.25, 0.3) is 5.56 Å². The minimum absolute atomic E-state index is 0.0231. The number of halogens is 4. The lowest BCUT2D eigenvalue weighted by molar-refractivity contribution is -0.140. The summed E-state index contributed by atoms with van der Waals surface area (Å²) in [5.74, 6) is 0.153. The molecule has 1 aliphatic rings. The summed E-state index contributed by atoms with van der Waals surface area (Å²) in [5, 5.41) is 0.622. The van der Waals surface area contributed by atoms with E-state index in [0.29, 0.717) is 10.2 Å². The van der Waals surface area contributed by atoms with Gasteiger partial charge in [0, 0.05) is 23.3 Å². The van der Waals surface area contributed by atoms with Gasteiger partial charge >= 0.3 is 6.18 Å². The maximum atomic E-state index is 12.6. The highest BCUT2D eigenvalue weighted by Gasteiger charge is 2.28. The van der Waals surface area contributed by atoms with Crippen molar-refractivity contribution < 1.29 is 13.2 Å².